The first-order valence-corrected chi connectivity index (χ1v) is 11.1. The number of rotatable bonds is 8. The first-order valence-electron chi connectivity index (χ1n) is 9.93. The molecule has 0 atom stereocenters. The molecular formula is C27H20Cl3N3. The average molecular weight is 493 g/mol. The van der Waals surface area contributed by atoms with Gasteiger partial charge in [0.05, 0.1) is 17.1 Å². The lowest BCUT2D eigenvalue weighted by Crippen LogP contribution is -2.02. The van der Waals surface area contributed by atoms with Crippen LogP contribution in [-0.2, 0) is 0 Å². The van der Waals surface area contributed by atoms with E-state index in [1.165, 1.54) is 0 Å². The first kappa shape index (κ1) is 24.4. The third-order valence-corrected chi connectivity index (χ3v) is 5.19. The van der Waals surface area contributed by atoms with Gasteiger partial charge in [-0.2, -0.15) is 0 Å². The van der Waals surface area contributed by atoms with Crippen LogP contribution in [0.3, 0.4) is 0 Å². The van der Waals surface area contributed by atoms with Gasteiger partial charge in [-0.15, -0.1) is 0 Å². The van der Waals surface area contributed by atoms with Crippen molar-refractivity contribution in [2.45, 2.75) is 0 Å². The number of hydrogen-bond donors (Lipinski definition) is 0. The van der Waals surface area contributed by atoms with Crippen LogP contribution in [0.1, 0.15) is 16.7 Å². The molecule has 33 heavy (non-hydrogen) atoms. The van der Waals surface area contributed by atoms with E-state index in [9.17, 15) is 0 Å². The molecule has 0 aliphatic rings. The summed E-state index contributed by atoms with van der Waals surface area (Å²) in [6.07, 6.45) is 5.06. The lowest BCUT2D eigenvalue weighted by atomic mass is 10.1. The normalized spacial score (nSPS) is 12.8. The molecule has 6 heteroatoms. The Morgan fingerprint density at radius 2 is 1.09 bits per heavy atom. The molecule has 3 nitrogen and oxygen atoms in total. The summed E-state index contributed by atoms with van der Waals surface area (Å²) < 4.78 is 0. The second kappa shape index (κ2) is 12.1. The van der Waals surface area contributed by atoms with Crippen LogP contribution >= 0.6 is 34.8 Å². The smallest absolute Gasteiger partial charge is 0.136 e. The molecule has 0 bridgehead atoms. The third kappa shape index (κ3) is 7.40. The number of benzene rings is 3. The van der Waals surface area contributed by atoms with Crippen molar-refractivity contribution in [3.8, 4) is 0 Å². The summed E-state index contributed by atoms with van der Waals surface area (Å²) in [7, 11) is 0. The Bertz CT molecular complexity index is 1180. The maximum absolute atomic E-state index is 6.57. The van der Waals surface area contributed by atoms with E-state index in [0.717, 1.165) is 11.4 Å². The predicted molar refractivity (Wildman–Crippen MR) is 144 cm³/mol. The molecule has 0 saturated heterocycles. The maximum atomic E-state index is 6.57. The predicted octanol–water partition coefficient (Wildman–Crippen LogP) is 8.56. The Balaban J connectivity index is 2.09. The Morgan fingerprint density at radius 3 is 1.52 bits per heavy atom. The molecule has 0 aliphatic heterocycles. The fourth-order valence-electron chi connectivity index (χ4n) is 2.75. The topological polar surface area (TPSA) is 37.1 Å². The van der Waals surface area contributed by atoms with E-state index in [-0.39, 0.29) is 15.5 Å². The van der Waals surface area contributed by atoms with Crippen LogP contribution in [0.5, 0.6) is 0 Å². The van der Waals surface area contributed by atoms with Gasteiger partial charge >= 0.3 is 0 Å². The van der Waals surface area contributed by atoms with Crippen molar-refractivity contribution in [3.63, 3.8) is 0 Å². The van der Waals surface area contributed by atoms with Gasteiger partial charge in [0.1, 0.15) is 15.5 Å². The largest absolute Gasteiger partial charge is 0.237 e. The Morgan fingerprint density at radius 1 is 0.667 bits per heavy atom. The van der Waals surface area contributed by atoms with Crippen molar-refractivity contribution < 1.29 is 0 Å². The highest BCUT2D eigenvalue weighted by Gasteiger charge is 2.12. The lowest BCUT2D eigenvalue weighted by Gasteiger charge is -2.08. The highest BCUT2D eigenvalue weighted by molar-refractivity contribution is 6.72. The molecule has 3 aromatic rings. The van der Waals surface area contributed by atoms with Crippen molar-refractivity contribution in [2.75, 3.05) is 0 Å². The van der Waals surface area contributed by atoms with Gasteiger partial charge in [0, 0.05) is 16.7 Å². The van der Waals surface area contributed by atoms with Gasteiger partial charge in [-0.05, 0) is 48.5 Å². The highest BCUT2D eigenvalue weighted by Crippen LogP contribution is 2.23. The van der Waals surface area contributed by atoms with Crippen LogP contribution < -0.4 is 0 Å². The van der Waals surface area contributed by atoms with E-state index in [1.54, 1.807) is 30.4 Å². The Hall–Kier alpha value is -3.24. The molecule has 0 saturated carbocycles. The summed E-state index contributed by atoms with van der Waals surface area (Å²) in [6, 6.07) is 24.2. The molecule has 3 aromatic carbocycles. The molecule has 0 spiro atoms. The Labute approximate surface area is 208 Å². The monoisotopic (exact) mass is 491 g/mol. The van der Waals surface area contributed by atoms with Gasteiger partial charge in [0.25, 0.3) is 0 Å². The van der Waals surface area contributed by atoms with Crippen LogP contribution in [0.2, 0.25) is 0 Å². The second-order valence-corrected chi connectivity index (χ2v) is 7.84. The zero-order valence-corrected chi connectivity index (χ0v) is 19.9. The number of hydrogen-bond acceptors (Lipinski definition) is 3. The van der Waals surface area contributed by atoms with Gasteiger partial charge in [0.15, 0.2) is 0 Å². The van der Waals surface area contributed by atoms with Crippen LogP contribution in [-0.4, -0.2) is 15.5 Å². The van der Waals surface area contributed by atoms with E-state index in [4.69, 9.17) is 34.8 Å². The fraction of sp³-hybridized carbons (Fsp3) is 0. The van der Waals surface area contributed by atoms with Crippen molar-refractivity contribution >= 4 is 61.7 Å². The van der Waals surface area contributed by atoms with E-state index < -0.39 is 0 Å². The van der Waals surface area contributed by atoms with E-state index in [1.807, 2.05) is 66.7 Å². The molecular weight excluding hydrogens is 473 g/mol. The molecule has 0 radical (unpaired) electrons. The third-order valence-electron chi connectivity index (χ3n) is 4.28. The van der Waals surface area contributed by atoms with Crippen LogP contribution in [0.25, 0.3) is 0 Å². The van der Waals surface area contributed by atoms with Crippen LogP contribution in [0, 0.1) is 0 Å². The van der Waals surface area contributed by atoms with Gasteiger partial charge in [0.2, 0.25) is 0 Å². The summed E-state index contributed by atoms with van der Waals surface area (Å²) >= 11 is 19.7. The molecule has 0 fully saturated rings. The van der Waals surface area contributed by atoms with Gasteiger partial charge in [-0.3, -0.25) is 0 Å². The molecule has 0 amide bonds. The fourth-order valence-corrected chi connectivity index (χ4v) is 3.38. The molecule has 0 aliphatic carbocycles. The minimum Gasteiger partial charge on any atom is -0.237 e. The summed E-state index contributed by atoms with van der Waals surface area (Å²) in [4.78, 5) is 13.3. The molecule has 164 valence electrons. The van der Waals surface area contributed by atoms with E-state index >= 15 is 0 Å². The second-order valence-electron chi connectivity index (χ2n) is 6.76. The van der Waals surface area contributed by atoms with Crippen molar-refractivity contribution in [2.24, 2.45) is 15.0 Å². The average Bonchev–Trinajstić information content (AvgIpc) is 2.83. The number of halogens is 3. The molecule has 3 rings (SSSR count). The maximum Gasteiger partial charge on any atom is 0.136 e. The first-order chi connectivity index (χ1) is 16.0. The SMILES string of the molecule is C=C/C=C\C(=C)N=C(Cl)c1cc(C(Cl)=Nc2ccccc2)cc(C(Cl)=Nc2ccccc2)c1. The highest BCUT2D eigenvalue weighted by atomic mass is 35.5. The number of aliphatic imine (C=N–C) groups is 3. The van der Waals surface area contributed by atoms with Gasteiger partial charge < -0.3 is 0 Å². The summed E-state index contributed by atoms with van der Waals surface area (Å²) in [5.74, 6) is 0. The van der Waals surface area contributed by atoms with Gasteiger partial charge in [-0.25, -0.2) is 15.0 Å². The molecule has 0 N–H and O–H groups in total. The minimum atomic E-state index is 0.227. The summed E-state index contributed by atoms with van der Waals surface area (Å²) in [5, 5.41) is 0.789. The lowest BCUT2D eigenvalue weighted by molar-refractivity contribution is 1.43. The van der Waals surface area contributed by atoms with Crippen LogP contribution in [0.4, 0.5) is 11.4 Å². The zero-order chi connectivity index (χ0) is 23.6. The molecule has 0 unspecified atom stereocenters. The molecule has 0 heterocycles. The van der Waals surface area contributed by atoms with Crippen LogP contribution in [0.15, 0.2) is 131 Å². The van der Waals surface area contributed by atoms with E-state index in [0.29, 0.717) is 22.4 Å². The van der Waals surface area contributed by atoms with E-state index in [2.05, 4.69) is 28.1 Å². The molecule has 0 aromatic heterocycles. The van der Waals surface area contributed by atoms with Crippen molar-refractivity contribution in [1.29, 1.82) is 0 Å². The zero-order valence-electron chi connectivity index (χ0n) is 17.6. The number of allylic oxidation sites excluding steroid dienone is 3. The Kier molecular flexibility index (Phi) is 8.96. The van der Waals surface area contributed by atoms with Crippen molar-refractivity contribution in [1.82, 2.24) is 0 Å². The number of para-hydroxylation sites is 2. The summed E-state index contributed by atoms with van der Waals surface area (Å²) in [5.41, 5.74) is 3.76. The van der Waals surface area contributed by atoms with Crippen molar-refractivity contribution in [3.05, 3.63) is 133 Å². The summed E-state index contributed by atoms with van der Waals surface area (Å²) in [6.45, 7) is 7.51. The minimum absolute atomic E-state index is 0.227. The quantitative estimate of drug-likeness (QED) is 0.223. The number of nitrogens with zero attached hydrogens (tertiary/aromatic N) is 3. The standard InChI is InChI=1S/C27H20Cl3N3/c1-3-4-11-19(2)31-25(28)20-16-21(26(29)32-23-12-7-5-8-13-23)18-22(17-20)27(30)33-24-14-9-6-10-15-24/h3-18H,1-2H2/b11-4-,31-25?,32-26?,33-27?. The van der Waals surface area contributed by atoms with Gasteiger partial charge in [-0.1, -0.05) is 96.5 Å².